The van der Waals surface area contributed by atoms with Gasteiger partial charge in [0.1, 0.15) is 5.75 Å². The predicted molar refractivity (Wildman–Crippen MR) is 160 cm³/mol. The molecule has 0 saturated heterocycles. The summed E-state index contributed by atoms with van der Waals surface area (Å²) in [6.45, 7) is 0. The van der Waals surface area contributed by atoms with Gasteiger partial charge in [-0.15, -0.1) is 0 Å². The number of aromatic hydroxyl groups is 1. The average Bonchev–Trinajstić information content (AvgIpc) is 3.25. The maximum Gasteiger partial charge on any atom is 0.161 e. The Morgan fingerprint density at radius 1 is 0.475 bits per heavy atom. The van der Waals surface area contributed by atoms with Gasteiger partial charge in [-0.05, 0) is 79.2 Å². The van der Waals surface area contributed by atoms with Gasteiger partial charge in [0.25, 0.3) is 0 Å². The van der Waals surface area contributed by atoms with Crippen LogP contribution in [-0.2, 0) is 5.41 Å². The Morgan fingerprint density at radius 2 is 0.900 bits per heavy atom. The fourth-order valence-electron chi connectivity index (χ4n) is 7.26. The second-order valence-corrected chi connectivity index (χ2v) is 10.5. The third kappa shape index (κ3) is 2.74. The summed E-state index contributed by atoms with van der Waals surface area (Å²) in [4.78, 5) is 0. The van der Waals surface area contributed by atoms with E-state index in [9.17, 15) is 5.11 Å². The Labute approximate surface area is 232 Å². The van der Waals surface area contributed by atoms with Gasteiger partial charge in [0.2, 0.25) is 0 Å². The van der Waals surface area contributed by atoms with Gasteiger partial charge in [-0.25, -0.2) is 0 Å². The van der Waals surface area contributed by atoms with Gasteiger partial charge < -0.3 is 14.6 Å². The van der Waals surface area contributed by atoms with Crippen molar-refractivity contribution in [1.82, 2.24) is 0 Å². The lowest BCUT2D eigenvalue weighted by atomic mass is 9.65. The van der Waals surface area contributed by atoms with Crippen LogP contribution in [0, 0.1) is 0 Å². The van der Waals surface area contributed by atoms with Gasteiger partial charge >= 0.3 is 0 Å². The third-order valence-electron chi connectivity index (χ3n) is 8.79. The molecule has 0 aliphatic heterocycles. The Bertz CT molecular complexity index is 1960. The van der Waals surface area contributed by atoms with E-state index in [1.54, 1.807) is 14.2 Å². The zero-order valence-electron chi connectivity index (χ0n) is 22.2. The van der Waals surface area contributed by atoms with Crippen molar-refractivity contribution in [3.8, 4) is 50.6 Å². The van der Waals surface area contributed by atoms with Crippen LogP contribution in [-0.4, -0.2) is 19.3 Å². The summed E-state index contributed by atoms with van der Waals surface area (Å²) in [6.07, 6.45) is 0. The van der Waals surface area contributed by atoms with E-state index >= 15 is 0 Å². The van der Waals surface area contributed by atoms with E-state index in [2.05, 4.69) is 97.1 Å². The molecule has 1 spiro atoms. The van der Waals surface area contributed by atoms with Crippen molar-refractivity contribution in [1.29, 1.82) is 0 Å². The zero-order chi connectivity index (χ0) is 27.0. The molecule has 8 rings (SSSR count). The molecule has 6 aromatic carbocycles. The number of benzene rings is 6. The summed E-state index contributed by atoms with van der Waals surface area (Å²) in [5.41, 5.74) is 11.1. The molecule has 0 bridgehead atoms. The van der Waals surface area contributed by atoms with Gasteiger partial charge in [0.05, 0.1) is 19.6 Å². The lowest BCUT2D eigenvalue weighted by molar-refractivity contribution is 0.355. The Morgan fingerprint density at radius 3 is 1.43 bits per heavy atom. The van der Waals surface area contributed by atoms with Crippen LogP contribution < -0.4 is 9.47 Å². The van der Waals surface area contributed by atoms with Crippen molar-refractivity contribution < 1.29 is 14.6 Å². The van der Waals surface area contributed by atoms with E-state index in [0.29, 0.717) is 11.5 Å². The van der Waals surface area contributed by atoms with E-state index in [-0.39, 0.29) is 5.75 Å². The molecule has 0 fully saturated rings. The van der Waals surface area contributed by atoms with Gasteiger partial charge in [-0.2, -0.15) is 0 Å². The molecule has 0 radical (unpaired) electrons. The summed E-state index contributed by atoms with van der Waals surface area (Å²) in [6, 6.07) is 40.7. The molecule has 0 aromatic heterocycles. The average molecular weight is 519 g/mol. The smallest absolute Gasteiger partial charge is 0.161 e. The lowest BCUT2D eigenvalue weighted by Crippen LogP contribution is -2.29. The highest BCUT2D eigenvalue weighted by atomic mass is 16.5. The number of methoxy groups -OCH3 is 2. The molecule has 2 aliphatic rings. The highest BCUT2D eigenvalue weighted by Gasteiger charge is 2.50. The first-order valence-electron chi connectivity index (χ1n) is 13.5. The number of rotatable bonds is 2. The molecule has 0 heterocycles. The largest absolute Gasteiger partial charge is 0.507 e. The molecule has 192 valence electrons. The van der Waals surface area contributed by atoms with Crippen LogP contribution in [0.25, 0.3) is 44.2 Å². The highest BCUT2D eigenvalue weighted by Crippen LogP contribution is 2.63. The summed E-state index contributed by atoms with van der Waals surface area (Å²) in [5.74, 6) is 1.43. The standard InChI is InChI=1S/C37H26O3/c1-39-34-19-27-28(20-35(34)40-2)36-26-15-4-3-11-22(26)23-12-5-8-16-29(23)37(32(36)21-33(27)38)30-17-9-6-13-24(30)25-14-7-10-18-31(25)37/h3-21,38H,1-2H3. The maximum atomic E-state index is 11.7. The molecule has 3 heteroatoms. The van der Waals surface area contributed by atoms with Crippen LogP contribution in [0.3, 0.4) is 0 Å². The summed E-state index contributed by atoms with van der Waals surface area (Å²) >= 11 is 0. The number of phenolic OH excluding ortho intramolecular Hbond substituents is 1. The summed E-state index contributed by atoms with van der Waals surface area (Å²) < 4.78 is 11.4. The highest BCUT2D eigenvalue weighted by molar-refractivity contribution is 6.09. The number of phenols is 1. The quantitative estimate of drug-likeness (QED) is 0.249. The minimum absolute atomic E-state index is 0.216. The Balaban J connectivity index is 1.68. The minimum atomic E-state index is -0.642. The molecule has 1 N–H and O–H groups in total. The van der Waals surface area contributed by atoms with E-state index in [4.69, 9.17) is 9.47 Å². The molecule has 0 amide bonds. The van der Waals surface area contributed by atoms with E-state index < -0.39 is 5.41 Å². The maximum absolute atomic E-state index is 11.7. The van der Waals surface area contributed by atoms with Gasteiger partial charge in [0.15, 0.2) is 11.5 Å². The van der Waals surface area contributed by atoms with Crippen LogP contribution in [0.4, 0.5) is 0 Å². The number of ether oxygens (including phenoxy) is 2. The van der Waals surface area contributed by atoms with Crippen LogP contribution >= 0.6 is 0 Å². The first-order valence-corrected chi connectivity index (χ1v) is 13.5. The van der Waals surface area contributed by atoms with Crippen LogP contribution in [0.2, 0.25) is 0 Å². The zero-order valence-corrected chi connectivity index (χ0v) is 22.2. The normalized spacial score (nSPS) is 13.6. The van der Waals surface area contributed by atoms with Gasteiger partial charge in [0, 0.05) is 5.39 Å². The van der Waals surface area contributed by atoms with E-state index in [0.717, 1.165) is 27.5 Å². The van der Waals surface area contributed by atoms with Crippen molar-refractivity contribution >= 4 is 10.8 Å². The summed E-state index contributed by atoms with van der Waals surface area (Å²) in [5, 5.41) is 13.4. The molecule has 0 saturated carbocycles. The van der Waals surface area contributed by atoms with E-state index in [1.807, 2.05) is 18.2 Å². The molecular weight excluding hydrogens is 492 g/mol. The molecule has 2 aliphatic carbocycles. The Hall–Kier alpha value is -5.02. The SMILES string of the molecule is COc1cc2c(O)cc3c(c2cc1OC)-c1ccccc1-c1ccccc1C31c2ccccc2-c2ccccc21. The predicted octanol–water partition coefficient (Wildman–Crippen LogP) is 8.57. The van der Waals surface area contributed by atoms with Crippen molar-refractivity contribution in [2.75, 3.05) is 14.2 Å². The van der Waals surface area contributed by atoms with Crippen molar-refractivity contribution in [3.63, 3.8) is 0 Å². The number of fused-ring (bicyclic) bond motifs is 14. The van der Waals surface area contributed by atoms with Crippen LogP contribution in [0.5, 0.6) is 17.2 Å². The number of hydrogen-bond donors (Lipinski definition) is 1. The molecular formula is C37H26O3. The van der Waals surface area contributed by atoms with Crippen molar-refractivity contribution in [2.45, 2.75) is 5.41 Å². The van der Waals surface area contributed by atoms with Crippen molar-refractivity contribution in [2.24, 2.45) is 0 Å². The van der Waals surface area contributed by atoms with Crippen LogP contribution in [0.15, 0.2) is 115 Å². The topological polar surface area (TPSA) is 38.7 Å². The second kappa shape index (κ2) is 8.24. The molecule has 6 aromatic rings. The van der Waals surface area contributed by atoms with Crippen molar-refractivity contribution in [3.05, 3.63) is 138 Å². The monoisotopic (exact) mass is 518 g/mol. The lowest BCUT2D eigenvalue weighted by Gasteiger charge is -2.35. The fraction of sp³-hybridized carbons (Fsp3) is 0.0811. The third-order valence-corrected chi connectivity index (χ3v) is 8.79. The number of hydrogen-bond acceptors (Lipinski definition) is 3. The van der Waals surface area contributed by atoms with E-state index in [1.165, 1.54) is 38.9 Å². The van der Waals surface area contributed by atoms with Gasteiger partial charge in [-0.3, -0.25) is 0 Å². The Kier molecular flexibility index (Phi) is 4.72. The first kappa shape index (κ1) is 22.9. The molecule has 3 nitrogen and oxygen atoms in total. The second-order valence-electron chi connectivity index (χ2n) is 10.5. The van der Waals surface area contributed by atoms with Crippen LogP contribution in [0.1, 0.15) is 22.3 Å². The minimum Gasteiger partial charge on any atom is -0.507 e. The molecule has 0 unspecified atom stereocenters. The molecule has 40 heavy (non-hydrogen) atoms. The molecule has 0 atom stereocenters. The summed E-state index contributed by atoms with van der Waals surface area (Å²) in [7, 11) is 3.28. The first-order chi connectivity index (χ1) is 19.7. The van der Waals surface area contributed by atoms with Gasteiger partial charge in [-0.1, -0.05) is 97.1 Å². The fourth-order valence-corrected chi connectivity index (χ4v) is 7.26.